The smallest absolute Gasteiger partial charge is 0.211 e. The van der Waals surface area contributed by atoms with Crippen molar-refractivity contribution in [3.8, 4) is 11.5 Å². The quantitative estimate of drug-likeness (QED) is 0.394. The molecule has 0 radical (unpaired) electrons. The van der Waals surface area contributed by atoms with Crippen LogP contribution in [0, 0.1) is 5.82 Å². The summed E-state index contributed by atoms with van der Waals surface area (Å²) in [6, 6.07) is 12.0. The molecule has 0 bridgehead atoms. The van der Waals surface area contributed by atoms with Gasteiger partial charge in [0, 0.05) is 11.5 Å². The lowest BCUT2D eigenvalue weighted by Crippen LogP contribution is -2.02. The first kappa shape index (κ1) is 20.9. The van der Waals surface area contributed by atoms with E-state index in [1.54, 1.807) is 42.3 Å². The van der Waals surface area contributed by atoms with Crippen molar-refractivity contribution in [2.75, 3.05) is 13.4 Å². The molecule has 1 heterocycles. The Kier molecular flexibility index (Phi) is 6.87. The molecule has 0 fully saturated rings. The van der Waals surface area contributed by atoms with Gasteiger partial charge in [0.2, 0.25) is 5.16 Å². The summed E-state index contributed by atoms with van der Waals surface area (Å²) in [6.45, 7) is 4.21. The summed E-state index contributed by atoms with van der Waals surface area (Å²) in [4.78, 5) is 0. The zero-order chi connectivity index (χ0) is 20.8. The molecule has 1 aromatic heterocycles. The Morgan fingerprint density at radius 3 is 2.66 bits per heavy atom. The predicted octanol–water partition coefficient (Wildman–Crippen LogP) is 4.73. The van der Waals surface area contributed by atoms with Crippen LogP contribution >= 0.6 is 11.8 Å². The number of hydrogen-bond acceptors (Lipinski definition) is 6. The van der Waals surface area contributed by atoms with Crippen LogP contribution in [0.25, 0.3) is 0 Å². The minimum Gasteiger partial charge on any atom is -0.493 e. The molecule has 0 spiro atoms. The van der Waals surface area contributed by atoms with Crippen LogP contribution < -0.4 is 9.47 Å². The van der Waals surface area contributed by atoms with Gasteiger partial charge in [-0.2, -0.15) is 9.78 Å². The van der Waals surface area contributed by atoms with Gasteiger partial charge in [0.15, 0.2) is 17.3 Å². The Balaban J connectivity index is 1.79. The maximum absolute atomic E-state index is 13.8. The van der Waals surface area contributed by atoms with Crippen molar-refractivity contribution < 1.29 is 13.9 Å². The fraction of sp³-hybridized carbons (Fsp3) is 0.286. The molecule has 0 N–H and O–H groups in total. The zero-order valence-electron chi connectivity index (χ0n) is 16.8. The number of rotatable bonds is 8. The van der Waals surface area contributed by atoms with E-state index in [1.807, 2.05) is 32.2 Å². The van der Waals surface area contributed by atoms with Crippen molar-refractivity contribution in [2.24, 2.45) is 5.10 Å². The summed E-state index contributed by atoms with van der Waals surface area (Å²) >= 11 is 1.48. The molecular formula is C21H23FN4O2S. The molecule has 152 valence electrons. The van der Waals surface area contributed by atoms with Gasteiger partial charge in [-0.3, -0.25) is 0 Å². The molecule has 2 aromatic carbocycles. The van der Waals surface area contributed by atoms with Crippen molar-refractivity contribution in [1.82, 2.24) is 14.9 Å². The van der Waals surface area contributed by atoms with E-state index in [0.717, 1.165) is 16.5 Å². The first-order valence-electron chi connectivity index (χ1n) is 9.11. The molecule has 0 amide bonds. The van der Waals surface area contributed by atoms with Crippen LogP contribution in [0.15, 0.2) is 52.7 Å². The van der Waals surface area contributed by atoms with Gasteiger partial charge in [-0.1, -0.05) is 43.8 Å². The minimum absolute atomic E-state index is 0.117. The van der Waals surface area contributed by atoms with Gasteiger partial charge in [0.1, 0.15) is 12.4 Å². The maximum Gasteiger partial charge on any atom is 0.211 e. The van der Waals surface area contributed by atoms with E-state index in [-0.39, 0.29) is 18.3 Å². The van der Waals surface area contributed by atoms with E-state index in [2.05, 4.69) is 15.3 Å². The number of benzene rings is 2. The Morgan fingerprint density at radius 2 is 1.97 bits per heavy atom. The fourth-order valence-corrected chi connectivity index (χ4v) is 3.09. The standard InChI is InChI=1S/C21H23FN4O2S/c1-14(2)20-24-25-21(29-4)26(20)23-12-15-9-10-18(19(11-15)27-3)28-13-16-7-5-6-8-17(16)22/h5-12,14H,13H2,1-4H3/b23-12-. The van der Waals surface area contributed by atoms with Crippen molar-refractivity contribution >= 4 is 18.0 Å². The van der Waals surface area contributed by atoms with E-state index in [4.69, 9.17) is 9.47 Å². The van der Waals surface area contributed by atoms with Crippen LogP contribution in [0.1, 0.15) is 36.7 Å². The minimum atomic E-state index is -0.297. The van der Waals surface area contributed by atoms with E-state index in [0.29, 0.717) is 17.1 Å². The molecule has 3 rings (SSSR count). The Labute approximate surface area is 173 Å². The van der Waals surface area contributed by atoms with Gasteiger partial charge in [-0.05, 0) is 36.1 Å². The molecule has 0 aliphatic carbocycles. The first-order chi connectivity index (χ1) is 14.0. The third-order valence-electron chi connectivity index (χ3n) is 4.19. The van der Waals surface area contributed by atoms with Crippen LogP contribution in [0.3, 0.4) is 0 Å². The number of ether oxygens (including phenoxy) is 2. The number of halogens is 1. The number of methoxy groups -OCH3 is 1. The highest BCUT2D eigenvalue weighted by Crippen LogP contribution is 2.29. The van der Waals surface area contributed by atoms with Gasteiger partial charge in [-0.25, -0.2) is 4.39 Å². The van der Waals surface area contributed by atoms with Crippen LogP contribution in [0.4, 0.5) is 4.39 Å². The second kappa shape index (κ2) is 9.56. The van der Waals surface area contributed by atoms with E-state index in [9.17, 15) is 4.39 Å². The highest BCUT2D eigenvalue weighted by atomic mass is 32.2. The summed E-state index contributed by atoms with van der Waals surface area (Å²) in [6.07, 6.45) is 3.66. The first-order valence-corrected chi connectivity index (χ1v) is 10.3. The van der Waals surface area contributed by atoms with Gasteiger partial charge < -0.3 is 9.47 Å². The molecule has 0 unspecified atom stereocenters. The summed E-state index contributed by atoms with van der Waals surface area (Å²) < 4.78 is 26.7. The van der Waals surface area contributed by atoms with E-state index < -0.39 is 0 Å². The van der Waals surface area contributed by atoms with E-state index >= 15 is 0 Å². The van der Waals surface area contributed by atoms with Gasteiger partial charge in [0.05, 0.1) is 13.3 Å². The summed E-state index contributed by atoms with van der Waals surface area (Å²) in [7, 11) is 1.56. The van der Waals surface area contributed by atoms with Crippen molar-refractivity contribution in [1.29, 1.82) is 0 Å². The summed E-state index contributed by atoms with van der Waals surface area (Å²) in [5.74, 6) is 1.77. The molecule has 0 saturated heterocycles. The Hall–Kier alpha value is -2.87. The zero-order valence-corrected chi connectivity index (χ0v) is 17.6. The van der Waals surface area contributed by atoms with E-state index in [1.165, 1.54) is 17.8 Å². The highest BCUT2D eigenvalue weighted by Gasteiger charge is 2.14. The maximum atomic E-state index is 13.8. The van der Waals surface area contributed by atoms with Crippen LogP contribution in [-0.2, 0) is 6.61 Å². The molecule has 0 aliphatic rings. The highest BCUT2D eigenvalue weighted by molar-refractivity contribution is 7.98. The normalized spacial score (nSPS) is 11.4. The van der Waals surface area contributed by atoms with Crippen LogP contribution in [0.2, 0.25) is 0 Å². The molecule has 8 heteroatoms. The van der Waals surface area contributed by atoms with Crippen molar-refractivity contribution in [2.45, 2.75) is 31.5 Å². The molecular weight excluding hydrogens is 391 g/mol. The molecule has 0 aliphatic heterocycles. The van der Waals surface area contributed by atoms with Gasteiger partial charge in [-0.15, -0.1) is 10.2 Å². The molecule has 3 aromatic rings. The average Bonchev–Trinajstić information content (AvgIpc) is 3.15. The largest absolute Gasteiger partial charge is 0.493 e. The van der Waals surface area contributed by atoms with Gasteiger partial charge in [0.25, 0.3) is 0 Å². The lowest BCUT2D eigenvalue weighted by atomic mass is 10.2. The predicted molar refractivity (Wildman–Crippen MR) is 113 cm³/mol. The SMILES string of the molecule is COc1cc(/C=N\n2c(SC)nnc2C(C)C)ccc1OCc1ccccc1F. The third kappa shape index (κ3) is 4.95. The topological polar surface area (TPSA) is 61.5 Å². The number of thioether (sulfide) groups is 1. The van der Waals surface area contributed by atoms with Crippen LogP contribution in [0.5, 0.6) is 11.5 Å². The molecule has 0 saturated carbocycles. The second-order valence-electron chi connectivity index (χ2n) is 6.55. The monoisotopic (exact) mass is 414 g/mol. The van der Waals surface area contributed by atoms with Gasteiger partial charge >= 0.3 is 0 Å². The lowest BCUT2D eigenvalue weighted by Gasteiger charge is -2.12. The summed E-state index contributed by atoms with van der Waals surface area (Å²) in [5, 5.41) is 13.6. The number of aromatic nitrogens is 3. The molecule has 29 heavy (non-hydrogen) atoms. The number of hydrogen-bond donors (Lipinski definition) is 0. The van der Waals surface area contributed by atoms with Crippen LogP contribution in [-0.4, -0.2) is 34.5 Å². The summed E-state index contributed by atoms with van der Waals surface area (Å²) in [5.41, 5.74) is 1.31. The van der Waals surface area contributed by atoms with Crippen molar-refractivity contribution in [3.63, 3.8) is 0 Å². The fourth-order valence-electron chi connectivity index (χ4n) is 2.65. The lowest BCUT2D eigenvalue weighted by molar-refractivity contribution is 0.279. The number of nitrogens with zero attached hydrogens (tertiary/aromatic N) is 4. The Morgan fingerprint density at radius 1 is 1.17 bits per heavy atom. The average molecular weight is 415 g/mol. The Bertz CT molecular complexity index is 1000. The third-order valence-corrected chi connectivity index (χ3v) is 4.81. The van der Waals surface area contributed by atoms with Crippen molar-refractivity contribution in [3.05, 3.63) is 65.2 Å². The molecule has 0 atom stereocenters. The molecule has 6 nitrogen and oxygen atoms in total. The second-order valence-corrected chi connectivity index (χ2v) is 7.32.